The van der Waals surface area contributed by atoms with E-state index in [0.717, 1.165) is 18.3 Å². The Kier molecular flexibility index (Phi) is 5.79. The van der Waals surface area contributed by atoms with Crippen LogP contribution in [0.3, 0.4) is 0 Å². The van der Waals surface area contributed by atoms with Crippen LogP contribution in [0, 0.1) is 15.5 Å². The van der Waals surface area contributed by atoms with Crippen LogP contribution < -0.4 is 0 Å². The third kappa shape index (κ3) is 4.08. The quantitative estimate of drug-likeness (QED) is 0.339. The van der Waals surface area contributed by atoms with Gasteiger partial charge in [0.1, 0.15) is 6.20 Å². The largest absolute Gasteiger partial charge is 0.481 e. The highest BCUT2D eigenvalue weighted by Crippen LogP contribution is 2.33. The Morgan fingerprint density at radius 2 is 1.64 bits per heavy atom. The Bertz CT molecular complexity index is 682. The second-order valence-corrected chi connectivity index (χ2v) is 6.22. The first kappa shape index (κ1) is 20.0. The number of hydrogen-bond acceptors (Lipinski definition) is 6. The van der Waals surface area contributed by atoms with Gasteiger partial charge in [0.2, 0.25) is 5.41 Å². The van der Waals surface area contributed by atoms with Gasteiger partial charge in [0, 0.05) is 6.07 Å². The fourth-order valence-corrected chi connectivity index (χ4v) is 2.30. The molecule has 1 rings (SSSR count). The Labute approximate surface area is 142 Å². The predicted molar refractivity (Wildman–Crippen MR) is 83.1 cm³/mol. The molecule has 136 valence electrons. The lowest BCUT2D eigenvalue weighted by molar-refractivity contribution is -0.385. The van der Waals surface area contributed by atoms with Crippen LogP contribution >= 0.6 is 0 Å². The molecule has 1 aromatic rings. The van der Waals surface area contributed by atoms with E-state index in [0.29, 0.717) is 0 Å². The molecule has 0 radical (unpaired) electrons. The van der Waals surface area contributed by atoms with Gasteiger partial charge in [-0.2, -0.15) is 0 Å². The zero-order valence-electron chi connectivity index (χ0n) is 13.6. The van der Waals surface area contributed by atoms with Crippen molar-refractivity contribution in [2.45, 2.75) is 38.5 Å². The van der Waals surface area contributed by atoms with Crippen molar-refractivity contribution in [3.8, 4) is 0 Å². The molecule has 0 spiro atoms. The molecule has 0 aliphatic rings. The maximum Gasteiger partial charge on any atom is 0.327 e. The minimum atomic E-state index is -2.41. The molecule has 0 unspecified atom stereocenters. The van der Waals surface area contributed by atoms with Crippen molar-refractivity contribution in [2.24, 2.45) is 5.41 Å². The van der Waals surface area contributed by atoms with E-state index >= 15 is 0 Å². The van der Waals surface area contributed by atoms with Crippen molar-refractivity contribution >= 4 is 23.6 Å². The molecule has 25 heavy (non-hydrogen) atoms. The average Bonchev–Trinajstić information content (AvgIpc) is 2.50. The molecule has 0 fully saturated rings. The lowest BCUT2D eigenvalue weighted by Gasteiger charge is -2.26. The molecule has 0 aromatic carbocycles. The highest BCUT2D eigenvalue weighted by atomic mass is 16.6. The van der Waals surface area contributed by atoms with Gasteiger partial charge in [0.05, 0.1) is 16.0 Å². The maximum absolute atomic E-state index is 11.7. The van der Waals surface area contributed by atoms with Gasteiger partial charge in [-0.05, 0) is 32.8 Å². The van der Waals surface area contributed by atoms with Crippen LogP contribution in [0.4, 0.5) is 5.69 Å². The smallest absolute Gasteiger partial charge is 0.327 e. The topological polar surface area (TPSA) is 168 Å². The van der Waals surface area contributed by atoms with Crippen molar-refractivity contribution in [1.29, 1.82) is 0 Å². The second-order valence-electron chi connectivity index (χ2n) is 6.22. The monoisotopic (exact) mass is 354 g/mol. The highest BCUT2D eigenvalue weighted by molar-refractivity contribution is 6.04. The molecule has 1 aromatic heterocycles. The summed E-state index contributed by atoms with van der Waals surface area (Å²) in [6.45, 7) is 2.89. The van der Waals surface area contributed by atoms with Crippen LogP contribution in [0.2, 0.25) is 0 Å². The number of nitrogens with zero attached hydrogens (tertiary/aromatic N) is 2. The molecule has 3 N–H and O–H groups in total. The third-order valence-corrected chi connectivity index (χ3v) is 4.06. The molecule has 10 nitrogen and oxygen atoms in total. The number of nitro groups is 1. The van der Waals surface area contributed by atoms with Crippen LogP contribution in [-0.2, 0) is 19.8 Å². The van der Waals surface area contributed by atoms with E-state index in [9.17, 15) is 34.7 Å². The summed E-state index contributed by atoms with van der Waals surface area (Å²) in [5.74, 6) is -4.43. The fraction of sp³-hybridized carbons (Fsp3) is 0.467. The summed E-state index contributed by atoms with van der Waals surface area (Å²) in [6.07, 6.45) is 0.435. The number of hydrogen-bond donors (Lipinski definition) is 3. The molecule has 0 saturated heterocycles. The number of aliphatic carboxylic acids is 3. The molecule has 0 bridgehead atoms. The van der Waals surface area contributed by atoms with E-state index < -0.39 is 45.8 Å². The van der Waals surface area contributed by atoms with Gasteiger partial charge in [-0.1, -0.05) is 6.42 Å². The summed E-state index contributed by atoms with van der Waals surface area (Å²) < 4.78 is 0. The van der Waals surface area contributed by atoms with E-state index in [1.54, 1.807) is 0 Å². The number of carboxylic acids is 3. The van der Waals surface area contributed by atoms with Crippen molar-refractivity contribution in [2.75, 3.05) is 0 Å². The number of carboxylic acid groups (broad SMARTS) is 3. The summed E-state index contributed by atoms with van der Waals surface area (Å²) in [5.41, 5.74) is -4.32. The Morgan fingerprint density at radius 3 is 2.00 bits per heavy atom. The van der Waals surface area contributed by atoms with Crippen molar-refractivity contribution < 1.29 is 34.6 Å². The van der Waals surface area contributed by atoms with Crippen LogP contribution in [0.1, 0.15) is 38.8 Å². The van der Waals surface area contributed by atoms with Crippen LogP contribution in [-0.4, -0.2) is 43.1 Å². The highest BCUT2D eigenvalue weighted by Gasteiger charge is 2.49. The van der Waals surface area contributed by atoms with Gasteiger partial charge in [-0.3, -0.25) is 29.5 Å². The number of pyridine rings is 1. The molecule has 10 heteroatoms. The van der Waals surface area contributed by atoms with Crippen molar-refractivity contribution in [3.63, 3.8) is 0 Å². The molecule has 1 heterocycles. The third-order valence-electron chi connectivity index (χ3n) is 4.06. The Morgan fingerprint density at radius 1 is 1.08 bits per heavy atom. The van der Waals surface area contributed by atoms with Crippen LogP contribution in [0.25, 0.3) is 0 Å². The number of aromatic nitrogens is 1. The molecule has 0 aliphatic heterocycles. The summed E-state index contributed by atoms with van der Waals surface area (Å²) in [6, 6.07) is 1.97. The molecular formula is C15H18N2O8. The lowest BCUT2D eigenvalue weighted by atomic mass is 9.76. The Hall–Kier alpha value is -3.04. The average molecular weight is 354 g/mol. The first-order valence-corrected chi connectivity index (χ1v) is 7.26. The van der Waals surface area contributed by atoms with Crippen LogP contribution in [0.5, 0.6) is 0 Å². The van der Waals surface area contributed by atoms with Gasteiger partial charge in [0.25, 0.3) is 5.69 Å². The van der Waals surface area contributed by atoms with E-state index in [2.05, 4.69) is 4.98 Å². The summed E-state index contributed by atoms with van der Waals surface area (Å²) in [4.78, 5) is 48.1. The van der Waals surface area contributed by atoms with Gasteiger partial charge in [-0.15, -0.1) is 0 Å². The Balaban J connectivity index is 3.19. The number of carbonyl (C=O) groups is 3. The second kappa shape index (κ2) is 7.24. The summed E-state index contributed by atoms with van der Waals surface area (Å²) in [7, 11) is 0. The SMILES string of the molecule is CC(C)(CCCC(C(=O)O)(C(=O)O)c1ccc([N+](=O)[O-])cn1)C(=O)O. The van der Waals surface area contributed by atoms with E-state index in [4.69, 9.17) is 5.11 Å². The molecule has 0 atom stereocenters. The van der Waals surface area contributed by atoms with Gasteiger partial charge in [-0.25, -0.2) is 0 Å². The van der Waals surface area contributed by atoms with E-state index in [-0.39, 0.29) is 18.5 Å². The lowest BCUT2D eigenvalue weighted by Crippen LogP contribution is -2.44. The minimum absolute atomic E-state index is 0.00341. The normalized spacial score (nSPS) is 11.8. The van der Waals surface area contributed by atoms with Crippen molar-refractivity contribution in [3.05, 3.63) is 34.1 Å². The molecular weight excluding hydrogens is 336 g/mol. The predicted octanol–water partition coefficient (Wildman–Crippen LogP) is 1.68. The summed E-state index contributed by atoms with van der Waals surface area (Å²) in [5, 5.41) is 38.7. The molecule has 0 saturated carbocycles. The molecule has 0 aliphatic carbocycles. The first-order chi connectivity index (χ1) is 11.4. The van der Waals surface area contributed by atoms with E-state index in [1.165, 1.54) is 13.8 Å². The maximum atomic E-state index is 11.7. The van der Waals surface area contributed by atoms with Crippen LogP contribution in [0.15, 0.2) is 18.3 Å². The minimum Gasteiger partial charge on any atom is -0.481 e. The number of rotatable bonds is 9. The van der Waals surface area contributed by atoms with Gasteiger partial charge < -0.3 is 15.3 Å². The zero-order chi connectivity index (χ0) is 19.4. The van der Waals surface area contributed by atoms with Crippen molar-refractivity contribution in [1.82, 2.24) is 4.98 Å². The van der Waals surface area contributed by atoms with E-state index in [1.807, 2.05) is 0 Å². The zero-order valence-corrected chi connectivity index (χ0v) is 13.6. The van der Waals surface area contributed by atoms with Gasteiger partial charge >= 0.3 is 17.9 Å². The first-order valence-electron chi connectivity index (χ1n) is 7.26. The fourth-order valence-electron chi connectivity index (χ4n) is 2.30. The molecule has 0 amide bonds. The standard InChI is InChI=1S/C15H18N2O8/c1-14(2,11(18)19)6-3-7-15(12(20)21,13(22)23)10-5-4-9(8-16-10)17(24)25/h4-5,8H,3,6-7H2,1-2H3,(H,18,19)(H,20,21)(H,22,23). The summed E-state index contributed by atoms with van der Waals surface area (Å²) >= 11 is 0. The van der Waals surface area contributed by atoms with Gasteiger partial charge in [0.15, 0.2) is 0 Å².